The van der Waals surface area contributed by atoms with E-state index < -0.39 is 5.41 Å². The first-order valence-electron chi connectivity index (χ1n) is 7.78. The van der Waals surface area contributed by atoms with E-state index in [1.54, 1.807) is 0 Å². The SMILES string of the molecule is COC(=O)C1=CCC=C(C(=O)OC)C1(C)CC1=CCCCC1. The van der Waals surface area contributed by atoms with E-state index in [2.05, 4.69) is 6.08 Å². The number of hydrogen-bond donors (Lipinski definition) is 0. The first-order chi connectivity index (χ1) is 10.5. The summed E-state index contributed by atoms with van der Waals surface area (Å²) < 4.78 is 9.86. The summed E-state index contributed by atoms with van der Waals surface area (Å²) in [6, 6.07) is 0. The monoisotopic (exact) mass is 304 g/mol. The van der Waals surface area contributed by atoms with Gasteiger partial charge in [-0.15, -0.1) is 0 Å². The molecule has 0 saturated carbocycles. The number of hydrogen-bond acceptors (Lipinski definition) is 4. The number of methoxy groups -OCH3 is 2. The van der Waals surface area contributed by atoms with Crippen molar-refractivity contribution >= 4 is 11.9 Å². The molecule has 4 heteroatoms. The van der Waals surface area contributed by atoms with Crippen molar-refractivity contribution < 1.29 is 19.1 Å². The average molecular weight is 304 g/mol. The number of ether oxygens (including phenoxy) is 2. The van der Waals surface area contributed by atoms with E-state index >= 15 is 0 Å². The van der Waals surface area contributed by atoms with Gasteiger partial charge < -0.3 is 9.47 Å². The second-order valence-electron chi connectivity index (χ2n) is 6.07. The second-order valence-corrected chi connectivity index (χ2v) is 6.07. The average Bonchev–Trinajstić information content (AvgIpc) is 2.54. The van der Waals surface area contributed by atoms with Gasteiger partial charge >= 0.3 is 11.9 Å². The van der Waals surface area contributed by atoms with Crippen molar-refractivity contribution in [1.82, 2.24) is 0 Å². The Morgan fingerprint density at radius 2 is 1.64 bits per heavy atom. The lowest BCUT2D eigenvalue weighted by molar-refractivity contribution is -0.138. The van der Waals surface area contributed by atoms with E-state index in [9.17, 15) is 9.59 Å². The van der Waals surface area contributed by atoms with Crippen LogP contribution >= 0.6 is 0 Å². The zero-order valence-corrected chi connectivity index (χ0v) is 13.6. The molecule has 4 nitrogen and oxygen atoms in total. The second kappa shape index (κ2) is 6.95. The molecule has 0 spiro atoms. The Kier molecular flexibility index (Phi) is 5.22. The molecule has 0 bridgehead atoms. The van der Waals surface area contributed by atoms with Gasteiger partial charge in [0.05, 0.1) is 14.2 Å². The van der Waals surface area contributed by atoms with Crippen LogP contribution in [-0.2, 0) is 19.1 Å². The molecule has 2 aliphatic rings. The lowest BCUT2D eigenvalue weighted by atomic mass is 9.67. The van der Waals surface area contributed by atoms with E-state index in [-0.39, 0.29) is 11.9 Å². The summed E-state index contributed by atoms with van der Waals surface area (Å²) in [4.78, 5) is 24.4. The van der Waals surface area contributed by atoms with Crippen LogP contribution in [0.4, 0.5) is 0 Å². The van der Waals surface area contributed by atoms with Crippen molar-refractivity contribution in [3.63, 3.8) is 0 Å². The van der Waals surface area contributed by atoms with Crippen LogP contribution in [0.3, 0.4) is 0 Å². The standard InChI is InChI=1S/C18H24O4/c1-18(12-13-8-5-4-6-9-13)14(16(19)21-2)10-7-11-15(18)17(20)22-3/h8,10-11H,4-7,9,12H2,1-3H3. The van der Waals surface area contributed by atoms with Gasteiger partial charge in [0.2, 0.25) is 0 Å². The molecular formula is C18H24O4. The Morgan fingerprint density at radius 3 is 2.09 bits per heavy atom. The Labute approximate surface area is 131 Å². The Hall–Kier alpha value is -1.84. The number of allylic oxidation sites excluding steroid dienone is 4. The molecule has 0 N–H and O–H groups in total. The first-order valence-corrected chi connectivity index (χ1v) is 7.78. The van der Waals surface area contributed by atoms with E-state index in [1.165, 1.54) is 26.2 Å². The van der Waals surface area contributed by atoms with Gasteiger partial charge in [0, 0.05) is 16.6 Å². The van der Waals surface area contributed by atoms with Crippen molar-refractivity contribution in [2.75, 3.05) is 14.2 Å². The zero-order valence-electron chi connectivity index (χ0n) is 13.6. The summed E-state index contributed by atoms with van der Waals surface area (Å²) in [7, 11) is 2.75. The maximum absolute atomic E-state index is 12.2. The minimum Gasteiger partial charge on any atom is -0.466 e. The molecule has 2 aliphatic carbocycles. The molecule has 0 aromatic rings. The van der Waals surface area contributed by atoms with Gasteiger partial charge in [-0.3, -0.25) is 0 Å². The third-order valence-electron chi connectivity index (χ3n) is 4.61. The minimum atomic E-state index is -0.679. The zero-order chi connectivity index (χ0) is 16.2. The number of carbonyl (C=O) groups is 2. The molecule has 2 rings (SSSR count). The van der Waals surface area contributed by atoms with Crippen LogP contribution in [0.5, 0.6) is 0 Å². The summed E-state index contributed by atoms with van der Waals surface area (Å²) in [5.74, 6) is -0.734. The minimum absolute atomic E-state index is 0.367. The predicted octanol–water partition coefficient (Wildman–Crippen LogP) is 3.49. The van der Waals surface area contributed by atoms with Crippen molar-refractivity contribution in [3.05, 3.63) is 34.9 Å². The Morgan fingerprint density at radius 1 is 1.05 bits per heavy atom. The van der Waals surface area contributed by atoms with Gasteiger partial charge in [0.1, 0.15) is 0 Å². The van der Waals surface area contributed by atoms with Crippen LogP contribution in [0.2, 0.25) is 0 Å². The van der Waals surface area contributed by atoms with Gasteiger partial charge in [-0.25, -0.2) is 9.59 Å². The van der Waals surface area contributed by atoms with Crippen molar-refractivity contribution in [3.8, 4) is 0 Å². The van der Waals surface area contributed by atoms with Crippen LogP contribution in [0, 0.1) is 5.41 Å². The highest BCUT2D eigenvalue weighted by Gasteiger charge is 2.43. The predicted molar refractivity (Wildman–Crippen MR) is 84.1 cm³/mol. The summed E-state index contributed by atoms with van der Waals surface area (Å²) in [5, 5.41) is 0. The highest BCUT2D eigenvalue weighted by molar-refractivity contribution is 5.98. The van der Waals surface area contributed by atoms with E-state index in [0.717, 1.165) is 19.3 Å². The first kappa shape index (κ1) is 16.5. The molecule has 0 heterocycles. The molecule has 0 aromatic carbocycles. The molecule has 22 heavy (non-hydrogen) atoms. The number of rotatable bonds is 4. The molecular weight excluding hydrogens is 280 g/mol. The lowest BCUT2D eigenvalue weighted by Gasteiger charge is -2.36. The van der Waals surface area contributed by atoms with Gasteiger partial charge in [0.15, 0.2) is 0 Å². The normalized spacial score (nSPS) is 20.4. The molecule has 120 valence electrons. The van der Waals surface area contributed by atoms with Crippen molar-refractivity contribution in [1.29, 1.82) is 0 Å². The van der Waals surface area contributed by atoms with E-state index in [0.29, 0.717) is 24.0 Å². The molecule has 0 atom stereocenters. The summed E-state index contributed by atoms with van der Waals surface area (Å²) in [6.45, 7) is 1.94. The number of carbonyl (C=O) groups excluding carboxylic acids is 2. The molecule has 0 amide bonds. The Bertz CT molecular complexity index is 519. The molecule has 0 unspecified atom stereocenters. The molecule has 0 aliphatic heterocycles. The molecule has 0 saturated heterocycles. The van der Waals surface area contributed by atoms with E-state index in [1.807, 2.05) is 19.1 Å². The van der Waals surface area contributed by atoms with Gasteiger partial charge in [-0.2, -0.15) is 0 Å². The van der Waals surface area contributed by atoms with Crippen LogP contribution in [0.15, 0.2) is 34.9 Å². The third kappa shape index (κ3) is 3.16. The topological polar surface area (TPSA) is 52.6 Å². The quantitative estimate of drug-likeness (QED) is 0.589. The summed E-state index contributed by atoms with van der Waals surface area (Å²) in [5.41, 5.74) is 1.75. The maximum atomic E-state index is 12.2. The summed E-state index contributed by atoms with van der Waals surface area (Å²) in [6.07, 6.45) is 11.6. The van der Waals surface area contributed by atoms with Gasteiger partial charge in [-0.1, -0.05) is 30.7 Å². The smallest absolute Gasteiger partial charge is 0.334 e. The fraction of sp³-hybridized carbons (Fsp3) is 0.556. The highest BCUT2D eigenvalue weighted by Crippen LogP contribution is 2.46. The van der Waals surface area contributed by atoms with Crippen LogP contribution in [0.1, 0.15) is 45.4 Å². The fourth-order valence-corrected chi connectivity index (χ4v) is 3.44. The molecule has 0 radical (unpaired) electrons. The van der Waals surface area contributed by atoms with Crippen LogP contribution < -0.4 is 0 Å². The molecule has 0 fully saturated rings. The highest BCUT2D eigenvalue weighted by atomic mass is 16.5. The van der Waals surface area contributed by atoms with Crippen LogP contribution in [-0.4, -0.2) is 26.2 Å². The largest absolute Gasteiger partial charge is 0.466 e. The van der Waals surface area contributed by atoms with Gasteiger partial charge in [-0.05, 0) is 38.5 Å². The van der Waals surface area contributed by atoms with Crippen molar-refractivity contribution in [2.24, 2.45) is 5.41 Å². The number of esters is 2. The third-order valence-corrected chi connectivity index (χ3v) is 4.61. The summed E-state index contributed by atoms with van der Waals surface area (Å²) >= 11 is 0. The fourth-order valence-electron chi connectivity index (χ4n) is 3.44. The van der Waals surface area contributed by atoms with E-state index in [4.69, 9.17) is 9.47 Å². The van der Waals surface area contributed by atoms with Crippen LogP contribution in [0.25, 0.3) is 0 Å². The van der Waals surface area contributed by atoms with Gasteiger partial charge in [0.25, 0.3) is 0 Å². The maximum Gasteiger partial charge on any atom is 0.334 e. The lowest BCUT2D eigenvalue weighted by Crippen LogP contribution is -2.34. The Balaban J connectivity index is 2.39. The van der Waals surface area contributed by atoms with Crippen molar-refractivity contribution in [2.45, 2.75) is 45.4 Å². The molecule has 0 aromatic heterocycles.